The van der Waals surface area contributed by atoms with Gasteiger partial charge in [-0.15, -0.1) is 11.3 Å². The molecule has 0 aliphatic rings. The Kier molecular flexibility index (Phi) is 4.02. The molecule has 0 bridgehead atoms. The van der Waals surface area contributed by atoms with E-state index < -0.39 is 6.04 Å². The van der Waals surface area contributed by atoms with Gasteiger partial charge in [-0.3, -0.25) is 0 Å². The van der Waals surface area contributed by atoms with E-state index in [-0.39, 0.29) is 5.82 Å². The Morgan fingerprint density at radius 3 is 2.59 bits per heavy atom. The molecule has 17 heavy (non-hydrogen) atoms. The van der Waals surface area contributed by atoms with E-state index in [1.165, 1.54) is 6.07 Å². The average molecular weight is 379 g/mol. The van der Waals surface area contributed by atoms with E-state index in [0.717, 1.165) is 18.7 Å². The predicted molar refractivity (Wildman–Crippen MR) is 76.9 cm³/mol. The molecule has 0 aliphatic heterocycles. The Hall–Kier alpha value is -0.230. The highest BCUT2D eigenvalue weighted by molar-refractivity contribution is 9.11. The number of aryl methyl sites for hydroxylation is 1. The molecule has 0 saturated heterocycles. The van der Waals surface area contributed by atoms with Crippen molar-refractivity contribution < 1.29 is 4.39 Å². The lowest BCUT2D eigenvalue weighted by molar-refractivity contribution is 0.600. The number of rotatable bonds is 2. The Balaban J connectivity index is 2.42. The second-order valence-electron chi connectivity index (χ2n) is 3.75. The molecular formula is C12H10Br2FNS. The van der Waals surface area contributed by atoms with Crippen molar-refractivity contribution in [2.45, 2.75) is 13.0 Å². The molecule has 0 radical (unpaired) electrons. The van der Waals surface area contributed by atoms with Crippen molar-refractivity contribution in [1.29, 1.82) is 0 Å². The maximum atomic E-state index is 13.7. The summed E-state index contributed by atoms with van der Waals surface area (Å²) in [7, 11) is 0. The lowest BCUT2D eigenvalue weighted by Crippen LogP contribution is -2.12. The van der Waals surface area contributed by atoms with Crippen LogP contribution in [-0.2, 0) is 0 Å². The van der Waals surface area contributed by atoms with Gasteiger partial charge in [-0.2, -0.15) is 0 Å². The standard InChI is InChI=1S/C12H10Br2FNS/c1-6-4-10(17-12(6)14)11(16)8-5-7(13)2-3-9(8)15/h2-5,11H,16H2,1H3. The first-order valence-electron chi connectivity index (χ1n) is 4.95. The highest BCUT2D eigenvalue weighted by Gasteiger charge is 2.17. The van der Waals surface area contributed by atoms with Gasteiger partial charge < -0.3 is 5.73 Å². The van der Waals surface area contributed by atoms with E-state index in [1.807, 2.05) is 13.0 Å². The lowest BCUT2D eigenvalue weighted by Gasteiger charge is -2.11. The van der Waals surface area contributed by atoms with E-state index >= 15 is 0 Å². The summed E-state index contributed by atoms with van der Waals surface area (Å²) in [6.07, 6.45) is 0. The normalized spacial score (nSPS) is 12.8. The molecule has 0 spiro atoms. The quantitative estimate of drug-likeness (QED) is 0.800. The van der Waals surface area contributed by atoms with Crippen molar-refractivity contribution >= 4 is 43.2 Å². The van der Waals surface area contributed by atoms with Crippen molar-refractivity contribution in [2.75, 3.05) is 0 Å². The number of hydrogen-bond donors (Lipinski definition) is 1. The molecule has 0 amide bonds. The van der Waals surface area contributed by atoms with Crippen molar-refractivity contribution in [3.05, 3.63) is 54.3 Å². The summed E-state index contributed by atoms with van der Waals surface area (Å²) in [5, 5.41) is 0. The van der Waals surface area contributed by atoms with Crippen molar-refractivity contribution in [2.24, 2.45) is 5.73 Å². The molecule has 1 heterocycles. The van der Waals surface area contributed by atoms with Gasteiger partial charge in [-0.05, 0) is 52.7 Å². The topological polar surface area (TPSA) is 26.0 Å². The van der Waals surface area contributed by atoms with Gasteiger partial charge in [0.25, 0.3) is 0 Å². The zero-order valence-electron chi connectivity index (χ0n) is 9.01. The molecule has 1 atom stereocenters. The van der Waals surface area contributed by atoms with Gasteiger partial charge in [0.05, 0.1) is 9.83 Å². The minimum absolute atomic E-state index is 0.275. The first-order chi connectivity index (χ1) is 7.99. The SMILES string of the molecule is Cc1cc(C(N)c2cc(Br)ccc2F)sc1Br. The number of hydrogen-bond acceptors (Lipinski definition) is 2. The third kappa shape index (κ3) is 2.78. The van der Waals surface area contributed by atoms with Gasteiger partial charge in [-0.25, -0.2) is 4.39 Å². The Morgan fingerprint density at radius 2 is 2.00 bits per heavy atom. The molecule has 0 aliphatic carbocycles. The van der Waals surface area contributed by atoms with Gasteiger partial charge in [0.15, 0.2) is 0 Å². The molecule has 2 rings (SSSR count). The van der Waals surface area contributed by atoms with Gasteiger partial charge in [0.1, 0.15) is 5.82 Å². The van der Waals surface area contributed by atoms with E-state index in [2.05, 4.69) is 31.9 Å². The van der Waals surface area contributed by atoms with E-state index in [9.17, 15) is 4.39 Å². The highest BCUT2D eigenvalue weighted by Crippen LogP contribution is 2.34. The summed E-state index contributed by atoms with van der Waals surface area (Å²) in [6.45, 7) is 1.99. The summed E-state index contributed by atoms with van der Waals surface area (Å²) in [5.74, 6) is -0.275. The fourth-order valence-electron chi connectivity index (χ4n) is 1.54. The Morgan fingerprint density at radius 1 is 1.29 bits per heavy atom. The van der Waals surface area contributed by atoms with Crippen LogP contribution in [-0.4, -0.2) is 0 Å². The molecule has 90 valence electrons. The first-order valence-corrected chi connectivity index (χ1v) is 7.35. The maximum absolute atomic E-state index is 13.7. The zero-order valence-corrected chi connectivity index (χ0v) is 13.0. The fraction of sp³-hybridized carbons (Fsp3) is 0.167. The average Bonchev–Trinajstić information content (AvgIpc) is 2.62. The molecule has 1 unspecified atom stereocenters. The molecule has 5 heteroatoms. The third-order valence-electron chi connectivity index (χ3n) is 2.48. The zero-order chi connectivity index (χ0) is 12.6. The number of halogens is 3. The van der Waals surface area contributed by atoms with Gasteiger partial charge in [0.2, 0.25) is 0 Å². The van der Waals surface area contributed by atoms with Gasteiger partial charge in [-0.1, -0.05) is 15.9 Å². The number of nitrogens with two attached hydrogens (primary N) is 1. The monoisotopic (exact) mass is 377 g/mol. The van der Waals surface area contributed by atoms with E-state index in [0.29, 0.717) is 5.56 Å². The Bertz CT molecular complexity index is 534. The first kappa shape index (κ1) is 13.2. The van der Waals surface area contributed by atoms with Crippen LogP contribution in [0.25, 0.3) is 0 Å². The second kappa shape index (κ2) is 5.18. The number of thiophene rings is 1. The van der Waals surface area contributed by atoms with Gasteiger partial charge in [0, 0.05) is 14.9 Å². The minimum atomic E-state index is -0.428. The predicted octanol–water partition coefficient (Wildman–Crippen LogP) is 4.77. The molecule has 1 nitrogen and oxygen atoms in total. The molecule has 1 aromatic carbocycles. The van der Waals surface area contributed by atoms with Crippen LogP contribution in [0, 0.1) is 12.7 Å². The summed E-state index contributed by atoms with van der Waals surface area (Å²) >= 11 is 8.32. The molecule has 2 N–H and O–H groups in total. The van der Waals surface area contributed by atoms with Crippen LogP contribution in [0.3, 0.4) is 0 Å². The summed E-state index contributed by atoms with van der Waals surface area (Å²) in [6, 6.07) is 6.38. The van der Waals surface area contributed by atoms with Gasteiger partial charge >= 0.3 is 0 Å². The summed E-state index contributed by atoms with van der Waals surface area (Å²) < 4.78 is 15.6. The molecular weight excluding hydrogens is 369 g/mol. The fourth-order valence-corrected chi connectivity index (χ4v) is 3.51. The van der Waals surface area contributed by atoms with Crippen LogP contribution in [0.4, 0.5) is 4.39 Å². The minimum Gasteiger partial charge on any atom is -0.320 e. The van der Waals surface area contributed by atoms with Crippen LogP contribution < -0.4 is 5.73 Å². The van der Waals surface area contributed by atoms with Crippen LogP contribution >= 0.6 is 43.2 Å². The third-order valence-corrected chi connectivity index (χ3v) is 5.19. The molecule has 0 fully saturated rings. The van der Waals surface area contributed by atoms with Crippen molar-refractivity contribution in [1.82, 2.24) is 0 Å². The molecule has 0 saturated carbocycles. The van der Waals surface area contributed by atoms with Crippen LogP contribution in [0.15, 0.2) is 32.5 Å². The largest absolute Gasteiger partial charge is 0.320 e. The lowest BCUT2D eigenvalue weighted by atomic mass is 10.1. The molecule has 1 aromatic heterocycles. The second-order valence-corrected chi connectivity index (χ2v) is 7.07. The van der Waals surface area contributed by atoms with Crippen molar-refractivity contribution in [3.63, 3.8) is 0 Å². The smallest absolute Gasteiger partial charge is 0.128 e. The van der Waals surface area contributed by atoms with Crippen LogP contribution in [0.5, 0.6) is 0 Å². The van der Waals surface area contributed by atoms with Crippen LogP contribution in [0.2, 0.25) is 0 Å². The highest BCUT2D eigenvalue weighted by atomic mass is 79.9. The van der Waals surface area contributed by atoms with E-state index in [1.54, 1.807) is 23.5 Å². The van der Waals surface area contributed by atoms with E-state index in [4.69, 9.17) is 5.73 Å². The number of benzene rings is 1. The maximum Gasteiger partial charge on any atom is 0.128 e. The summed E-state index contributed by atoms with van der Waals surface area (Å²) in [5.41, 5.74) is 7.73. The molecule has 2 aromatic rings. The summed E-state index contributed by atoms with van der Waals surface area (Å²) in [4.78, 5) is 0.950. The van der Waals surface area contributed by atoms with Crippen LogP contribution in [0.1, 0.15) is 22.0 Å². The van der Waals surface area contributed by atoms with Crippen molar-refractivity contribution in [3.8, 4) is 0 Å². The Labute approximate surface area is 120 Å².